The van der Waals surface area contributed by atoms with Crippen LogP contribution >= 0.6 is 15.9 Å². The molecule has 0 aliphatic heterocycles. The Kier molecular flexibility index (Phi) is 5.65. The summed E-state index contributed by atoms with van der Waals surface area (Å²) in [4.78, 5) is 0. The van der Waals surface area contributed by atoms with Crippen LogP contribution in [-0.4, -0.2) is 11.1 Å². The second kappa shape index (κ2) is 7.48. The number of rotatable bonds is 6. The van der Waals surface area contributed by atoms with E-state index in [4.69, 9.17) is 10.5 Å². The molecule has 0 bridgehead atoms. The molecule has 0 amide bonds. The molecule has 0 radical (unpaired) electrons. The van der Waals surface area contributed by atoms with Gasteiger partial charge in [0.25, 0.3) is 0 Å². The minimum atomic E-state index is 0.161. The first kappa shape index (κ1) is 15.9. The number of hydrogen-bond donors (Lipinski definition) is 2. The van der Waals surface area contributed by atoms with Crippen LogP contribution in [0.4, 0.5) is 0 Å². The molecule has 0 saturated heterocycles. The number of benzene rings is 2. The number of hydrogen-bond acceptors (Lipinski definition) is 3. The minimum absolute atomic E-state index is 0.161. The van der Waals surface area contributed by atoms with E-state index in [-0.39, 0.29) is 11.8 Å². The van der Waals surface area contributed by atoms with E-state index >= 15 is 0 Å². The first-order valence-corrected chi connectivity index (χ1v) is 7.82. The Bertz CT molecular complexity index is 584. The van der Waals surface area contributed by atoms with Crippen LogP contribution in [0, 0.1) is 0 Å². The Balaban J connectivity index is 2.03. The van der Waals surface area contributed by atoms with Crippen molar-refractivity contribution in [3.8, 4) is 11.5 Å². The van der Waals surface area contributed by atoms with Crippen LogP contribution < -0.4 is 10.5 Å². The molecule has 1 unspecified atom stereocenters. The van der Waals surface area contributed by atoms with Crippen molar-refractivity contribution in [1.82, 2.24) is 0 Å². The third-order valence-electron chi connectivity index (χ3n) is 3.37. The van der Waals surface area contributed by atoms with Gasteiger partial charge in [-0.1, -0.05) is 35.0 Å². The first-order chi connectivity index (χ1) is 10.1. The van der Waals surface area contributed by atoms with Crippen molar-refractivity contribution in [3.63, 3.8) is 0 Å². The van der Waals surface area contributed by atoms with Gasteiger partial charge in [-0.25, -0.2) is 0 Å². The zero-order chi connectivity index (χ0) is 15.2. The molecule has 2 rings (SSSR count). The fraction of sp³-hybridized carbons (Fsp3) is 0.294. The first-order valence-electron chi connectivity index (χ1n) is 7.03. The highest BCUT2D eigenvalue weighted by atomic mass is 79.9. The largest absolute Gasteiger partial charge is 0.508 e. The van der Waals surface area contributed by atoms with Crippen molar-refractivity contribution in [2.24, 2.45) is 5.73 Å². The summed E-state index contributed by atoms with van der Waals surface area (Å²) in [5, 5.41) is 9.26. The molecular weight excluding hydrogens is 330 g/mol. The van der Waals surface area contributed by atoms with Crippen LogP contribution in [0.25, 0.3) is 0 Å². The van der Waals surface area contributed by atoms with Gasteiger partial charge in [0.1, 0.15) is 18.1 Å². The van der Waals surface area contributed by atoms with Gasteiger partial charge in [-0.05, 0) is 54.3 Å². The number of ether oxygens (including phenoxy) is 1. The van der Waals surface area contributed by atoms with E-state index in [1.165, 1.54) is 0 Å². The molecule has 4 heteroatoms. The van der Waals surface area contributed by atoms with Crippen LogP contribution in [-0.2, 0) is 13.0 Å². The quantitative estimate of drug-likeness (QED) is 0.828. The lowest BCUT2D eigenvalue weighted by Gasteiger charge is -2.13. The fourth-order valence-electron chi connectivity index (χ4n) is 1.98. The van der Waals surface area contributed by atoms with Gasteiger partial charge < -0.3 is 15.6 Å². The van der Waals surface area contributed by atoms with Crippen LogP contribution in [0.3, 0.4) is 0 Å². The molecule has 21 heavy (non-hydrogen) atoms. The fourth-order valence-corrected chi connectivity index (χ4v) is 2.39. The summed E-state index contributed by atoms with van der Waals surface area (Å²) < 4.78 is 6.86. The zero-order valence-corrected chi connectivity index (χ0v) is 13.6. The Labute approximate surface area is 133 Å². The smallest absolute Gasteiger partial charge is 0.120 e. The SMILES string of the molecule is CCC(N)Cc1cc(OCc2ccc(O)cc2)ccc1Br. The minimum Gasteiger partial charge on any atom is -0.508 e. The van der Waals surface area contributed by atoms with E-state index < -0.39 is 0 Å². The van der Waals surface area contributed by atoms with Crippen molar-refractivity contribution in [3.05, 3.63) is 58.1 Å². The molecule has 0 spiro atoms. The van der Waals surface area contributed by atoms with Gasteiger partial charge in [-0.2, -0.15) is 0 Å². The molecular formula is C17H20BrNO2. The van der Waals surface area contributed by atoms with E-state index in [0.717, 1.165) is 34.2 Å². The summed E-state index contributed by atoms with van der Waals surface area (Å²) in [5.41, 5.74) is 8.19. The molecule has 0 fully saturated rings. The van der Waals surface area contributed by atoms with Gasteiger partial charge >= 0.3 is 0 Å². The summed E-state index contributed by atoms with van der Waals surface area (Å²) in [6.45, 7) is 2.56. The predicted molar refractivity (Wildman–Crippen MR) is 88.6 cm³/mol. The van der Waals surface area contributed by atoms with Gasteiger partial charge in [-0.3, -0.25) is 0 Å². The highest BCUT2D eigenvalue weighted by Crippen LogP contribution is 2.25. The van der Waals surface area contributed by atoms with Crippen LogP contribution in [0.2, 0.25) is 0 Å². The summed E-state index contributed by atoms with van der Waals surface area (Å²) in [5.74, 6) is 1.09. The standard InChI is InChI=1S/C17H20BrNO2/c1-2-14(19)9-13-10-16(7-8-17(13)18)21-11-12-3-5-15(20)6-4-12/h3-8,10,14,20H,2,9,11,19H2,1H3. The van der Waals surface area contributed by atoms with E-state index in [2.05, 4.69) is 22.9 Å². The molecule has 0 aliphatic rings. The number of aromatic hydroxyl groups is 1. The van der Waals surface area contributed by atoms with Crippen molar-refractivity contribution in [1.29, 1.82) is 0 Å². The maximum atomic E-state index is 9.26. The van der Waals surface area contributed by atoms with E-state index in [1.807, 2.05) is 30.3 Å². The maximum absolute atomic E-state index is 9.26. The highest BCUT2D eigenvalue weighted by Gasteiger charge is 2.07. The Morgan fingerprint density at radius 2 is 1.90 bits per heavy atom. The van der Waals surface area contributed by atoms with E-state index in [0.29, 0.717) is 6.61 Å². The summed E-state index contributed by atoms with van der Waals surface area (Å²) in [6.07, 6.45) is 1.78. The molecule has 2 aromatic rings. The average Bonchev–Trinajstić information content (AvgIpc) is 2.49. The van der Waals surface area contributed by atoms with Gasteiger partial charge in [0.15, 0.2) is 0 Å². The van der Waals surface area contributed by atoms with Crippen molar-refractivity contribution < 1.29 is 9.84 Å². The van der Waals surface area contributed by atoms with Crippen molar-refractivity contribution in [2.45, 2.75) is 32.4 Å². The number of halogens is 1. The summed E-state index contributed by atoms with van der Waals surface area (Å²) in [6, 6.07) is 13.1. The topological polar surface area (TPSA) is 55.5 Å². The number of nitrogens with two attached hydrogens (primary N) is 1. The van der Waals surface area contributed by atoms with Crippen LogP contribution in [0.15, 0.2) is 46.9 Å². The maximum Gasteiger partial charge on any atom is 0.120 e. The van der Waals surface area contributed by atoms with Gasteiger partial charge in [0, 0.05) is 10.5 Å². The number of phenolic OH excluding ortho intramolecular Hbond substituents is 1. The van der Waals surface area contributed by atoms with Gasteiger partial charge in [0.05, 0.1) is 0 Å². The molecule has 0 heterocycles. The van der Waals surface area contributed by atoms with Crippen molar-refractivity contribution >= 4 is 15.9 Å². The monoisotopic (exact) mass is 349 g/mol. The average molecular weight is 350 g/mol. The van der Waals surface area contributed by atoms with Gasteiger partial charge in [0.2, 0.25) is 0 Å². The highest BCUT2D eigenvalue weighted by molar-refractivity contribution is 9.10. The zero-order valence-electron chi connectivity index (χ0n) is 12.1. The molecule has 0 saturated carbocycles. The second-order valence-corrected chi connectivity index (χ2v) is 5.94. The Morgan fingerprint density at radius 3 is 2.57 bits per heavy atom. The molecule has 0 aromatic heterocycles. The molecule has 1 atom stereocenters. The van der Waals surface area contributed by atoms with Crippen LogP contribution in [0.5, 0.6) is 11.5 Å². The summed E-state index contributed by atoms with van der Waals surface area (Å²) >= 11 is 3.55. The molecule has 112 valence electrons. The van der Waals surface area contributed by atoms with Gasteiger partial charge in [-0.15, -0.1) is 0 Å². The number of phenols is 1. The molecule has 2 aromatic carbocycles. The van der Waals surface area contributed by atoms with E-state index in [9.17, 15) is 5.11 Å². The lowest BCUT2D eigenvalue weighted by atomic mass is 10.0. The second-order valence-electron chi connectivity index (χ2n) is 5.08. The molecule has 0 aliphatic carbocycles. The lowest BCUT2D eigenvalue weighted by molar-refractivity contribution is 0.305. The third-order valence-corrected chi connectivity index (χ3v) is 4.14. The third kappa shape index (κ3) is 4.76. The van der Waals surface area contributed by atoms with Crippen LogP contribution in [0.1, 0.15) is 24.5 Å². The Hall–Kier alpha value is -1.52. The normalized spacial score (nSPS) is 12.1. The Morgan fingerprint density at radius 1 is 1.19 bits per heavy atom. The lowest BCUT2D eigenvalue weighted by Crippen LogP contribution is -2.21. The predicted octanol–water partition coefficient (Wildman–Crippen LogP) is 4.01. The molecule has 3 N–H and O–H groups in total. The summed E-state index contributed by atoms with van der Waals surface area (Å²) in [7, 11) is 0. The van der Waals surface area contributed by atoms with Crippen molar-refractivity contribution in [2.75, 3.05) is 0 Å². The van der Waals surface area contributed by atoms with E-state index in [1.54, 1.807) is 12.1 Å². The molecule has 3 nitrogen and oxygen atoms in total.